The van der Waals surface area contributed by atoms with Crippen molar-refractivity contribution in [1.29, 1.82) is 0 Å². The number of hydrogen-bond donors (Lipinski definition) is 2. The van der Waals surface area contributed by atoms with Gasteiger partial charge in [0.05, 0.1) is 15.4 Å². The molecular formula is C9H3F2N3O6. The lowest BCUT2D eigenvalue weighted by molar-refractivity contribution is -0.388. The number of nitro groups is 2. The van der Waals surface area contributed by atoms with E-state index in [2.05, 4.69) is 0 Å². The monoisotopic (exact) mass is 287 g/mol. The molecule has 1 aromatic heterocycles. The third kappa shape index (κ3) is 1.72. The highest BCUT2D eigenvalue weighted by atomic mass is 19.2. The Balaban J connectivity index is 3.14. The van der Waals surface area contributed by atoms with E-state index in [4.69, 9.17) is 0 Å². The lowest BCUT2D eigenvalue weighted by Gasteiger charge is -2.04. The standard InChI is InChI=1S/C9H3F2N3O6/c10-2-1-3-4(6(5(2)11)13(17)18)8(15)7(14(19)20)9(16)12-3/h1H,(H2,12,15,16). The van der Waals surface area contributed by atoms with E-state index in [1.165, 1.54) is 0 Å². The van der Waals surface area contributed by atoms with E-state index in [1.807, 2.05) is 0 Å². The number of nitrogens with one attached hydrogen (secondary N) is 1. The van der Waals surface area contributed by atoms with Crippen molar-refractivity contribution in [2.45, 2.75) is 0 Å². The van der Waals surface area contributed by atoms with Gasteiger partial charge < -0.3 is 10.1 Å². The van der Waals surface area contributed by atoms with Gasteiger partial charge in [0.1, 0.15) is 5.39 Å². The number of benzene rings is 1. The quantitative estimate of drug-likeness (QED) is 0.630. The van der Waals surface area contributed by atoms with Crippen molar-refractivity contribution in [2.24, 2.45) is 0 Å². The van der Waals surface area contributed by atoms with E-state index in [0.717, 1.165) is 0 Å². The minimum absolute atomic E-state index is 0.377. The second-order valence-electron chi connectivity index (χ2n) is 3.61. The summed E-state index contributed by atoms with van der Waals surface area (Å²) in [6.45, 7) is 0. The molecule has 0 aliphatic heterocycles. The minimum atomic E-state index is -1.90. The average molecular weight is 287 g/mol. The summed E-state index contributed by atoms with van der Waals surface area (Å²) in [7, 11) is 0. The highest BCUT2D eigenvalue weighted by Gasteiger charge is 2.32. The number of halogens is 2. The first-order valence-corrected chi connectivity index (χ1v) is 4.81. The number of hydrogen-bond acceptors (Lipinski definition) is 6. The summed E-state index contributed by atoms with van der Waals surface area (Å²) in [5.74, 6) is -4.95. The van der Waals surface area contributed by atoms with Gasteiger partial charge >= 0.3 is 16.9 Å². The summed E-state index contributed by atoms with van der Waals surface area (Å²) < 4.78 is 26.6. The fourth-order valence-electron chi connectivity index (χ4n) is 1.70. The number of aromatic nitrogens is 1. The Morgan fingerprint density at radius 2 is 1.70 bits per heavy atom. The zero-order chi connectivity index (χ0) is 15.2. The fraction of sp³-hybridized carbons (Fsp3) is 0. The van der Waals surface area contributed by atoms with E-state index in [9.17, 15) is 38.9 Å². The molecule has 0 spiro atoms. The number of H-pyrrole nitrogens is 1. The largest absolute Gasteiger partial charge is 0.501 e. The van der Waals surface area contributed by atoms with Crippen molar-refractivity contribution in [1.82, 2.24) is 4.98 Å². The van der Waals surface area contributed by atoms with Gasteiger partial charge in [-0.2, -0.15) is 4.39 Å². The maximum atomic E-state index is 13.4. The van der Waals surface area contributed by atoms with Crippen LogP contribution in [0.2, 0.25) is 0 Å². The molecule has 9 nitrogen and oxygen atoms in total. The first-order chi connectivity index (χ1) is 9.25. The van der Waals surface area contributed by atoms with Crippen molar-refractivity contribution in [2.75, 3.05) is 0 Å². The van der Waals surface area contributed by atoms with Gasteiger partial charge in [-0.1, -0.05) is 0 Å². The highest BCUT2D eigenvalue weighted by molar-refractivity contribution is 5.96. The van der Waals surface area contributed by atoms with Crippen LogP contribution in [0.25, 0.3) is 10.9 Å². The Morgan fingerprint density at radius 1 is 1.15 bits per heavy atom. The van der Waals surface area contributed by atoms with Crippen molar-refractivity contribution in [3.05, 3.63) is 48.3 Å². The molecule has 11 heteroatoms. The summed E-state index contributed by atoms with van der Waals surface area (Å²) in [6.07, 6.45) is 0. The first-order valence-electron chi connectivity index (χ1n) is 4.81. The highest BCUT2D eigenvalue weighted by Crippen LogP contribution is 2.38. The number of pyridine rings is 1. The van der Waals surface area contributed by atoms with Crippen molar-refractivity contribution in [3.63, 3.8) is 0 Å². The molecule has 2 aromatic rings. The van der Waals surface area contributed by atoms with Crippen LogP contribution in [-0.4, -0.2) is 19.9 Å². The molecule has 0 bridgehead atoms. The third-order valence-electron chi connectivity index (χ3n) is 2.48. The molecule has 2 N–H and O–H groups in total. The molecule has 0 saturated heterocycles. The molecule has 1 heterocycles. The summed E-state index contributed by atoms with van der Waals surface area (Å²) in [5.41, 5.74) is -4.94. The van der Waals surface area contributed by atoms with Crippen LogP contribution >= 0.6 is 0 Å². The molecule has 0 fully saturated rings. The van der Waals surface area contributed by atoms with Gasteiger partial charge in [0, 0.05) is 6.07 Å². The van der Waals surface area contributed by atoms with Crippen LogP contribution in [0.4, 0.5) is 20.2 Å². The molecule has 20 heavy (non-hydrogen) atoms. The molecule has 1 aromatic carbocycles. The van der Waals surface area contributed by atoms with Gasteiger partial charge in [0.25, 0.3) is 0 Å². The SMILES string of the molecule is O=c1[nH]c2cc(F)c(F)c([N+](=O)[O-])c2c(O)c1[N+](=O)[O-]. The molecule has 0 aliphatic carbocycles. The Morgan fingerprint density at radius 3 is 2.20 bits per heavy atom. The summed E-state index contributed by atoms with van der Waals surface area (Å²) in [5, 5.41) is 30.0. The molecule has 2 rings (SSSR count). The van der Waals surface area contributed by atoms with E-state index in [-0.39, 0.29) is 0 Å². The smallest absolute Gasteiger partial charge is 0.375 e. The van der Waals surface area contributed by atoms with Gasteiger partial charge in [-0.3, -0.25) is 25.0 Å². The van der Waals surface area contributed by atoms with E-state index >= 15 is 0 Å². The maximum Gasteiger partial charge on any atom is 0.375 e. The Bertz CT molecular complexity index is 831. The van der Waals surface area contributed by atoms with Crippen molar-refractivity contribution >= 4 is 22.3 Å². The van der Waals surface area contributed by atoms with Crippen molar-refractivity contribution < 1.29 is 23.7 Å². The molecule has 0 aliphatic rings. The van der Waals surface area contributed by atoms with E-state index in [1.54, 1.807) is 4.98 Å². The molecule has 0 amide bonds. The van der Waals surface area contributed by atoms with Gasteiger partial charge in [-0.25, -0.2) is 4.39 Å². The third-order valence-corrected chi connectivity index (χ3v) is 2.48. The predicted octanol–water partition coefficient (Wildman–Crippen LogP) is 1.33. The van der Waals surface area contributed by atoms with Crippen LogP contribution in [-0.2, 0) is 0 Å². The predicted molar refractivity (Wildman–Crippen MR) is 59.5 cm³/mol. The number of aromatic amines is 1. The summed E-state index contributed by atoms with van der Waals surface area (Å²) >= 11 is 0. The molecule has 0 saturated carbocycles. The average Bonchev–Trinajstić information content (AvgIpc) is 2.30. The number of nitro benzene ring substituents is 1. The van der Waals surface area contributed by atoms with Crippen LogP contribution in [0, 0.1) is 31.9 Å². The van der Waals surface area contributed by atoms with Gasteiger partial charge in [0.2, 0.25) is 11.6 Å². The van der Waals surface area contributed by atoms with Gasteiger partial charge in [-0.15, -0.1) is 0 Å². The maximum absolute atomic E-state index is 13.4. The zero-order valence-electron chi connectivity index (χ0n) is 9.22. The molecular weight excluding hydrogens is 284 g/mol. The summed E-state index contributed by atoms with van der Waals surface area (Å²) in [6, 6.07) is 0.377. The van der Waals surface area contributed by atoms with E-state index in [0.29, 0.717) is 6.07 Å². The summed E-state index contributed by atoms with van der Waals surface area (Å²) in [4.78, 5) is 31.8. The van der Waals surface area contributed by atoms with Crippen LogP contribution in [0.3, 0.4) is 0 Å². The molecule has 0 unspecified atom stereocenters. The molecule has 104 valence electrons. The molecule has 0 atom stereocenters. The first kappa shape index (κ1) is 13.3. The lowest BCUT2D eigenvalue weighted by Crippen LogP contribution is -2.13. The van der Waals surface area contributed by atoms with E-state index < -0.39 is 55.1 Å². The number of aromatic hydroxyl groups is 1. The second-order valence-corrected chi connectivity index (χ2v) is 3.61. The Labute approximate surface area is 106 Å². The Kier molecular flexibility index (Phi) is 2.81. The molecule has 0 radical (unpaired) electrons. The van der Waals surface area contributed by atoms with Crippen LogP contribution in [0.5, 0.6) is 5.75 Å². The lowest BCUT2D eigenvalue weighted by atomic mass is 10.1. The minimum Gasteiger partial charge on any atom is -0.501 e. The van der Waals surface area contributed by atoms with Crippen molar-refractivity contribution in [3.8, 4) is 5.75 Å². The normalized spacial score (nSPS) is 10.7. The van der Waals surface area contributed by atoms with Crippen LogP contribution < -0.4 is 5.56 Å². The number of fused-ring (bicyclic) bond motifs is 1. The van der Waals surface area contributed by atoms with Gasteiger partial charge in [0.15, 0.2) is 5.82 Å². The Hall–Kier alpha value is -3.11. The fourth-order valence-corrected chi connectivity index (χ4v) is 1.70. The number of rotatable bonds is 2. The number of nitrogens with zero attached hydrogens (tertiary/aromatic N) is 2. The topological polar surface area (TPSA) is 139 Å². The zero-order valence-corrected chi connectivity index (χ0v) is 9.22. The second kappa shape index (κ2) is 4.22. The van der Waals surface area contributed by atoms with Gasteiger partial charge in [-0.05, 0) is 0 Å². The van der Waals surface area contributed by atoms with Crippen LogP contribution in [0.15, 0.2) is 10.9 Å². The van der Waals surface area contributed by atoms with Crippen LogP contribution in [0.1, 0.15) is 0 Å².